The van der Waals surface area contributed by atoms with E-state index in [-0.39, 0.29) is 36.8 Å². The van der Waals surface area contributed by atoms with Gasteiger partial charge >= 0.3 is 12.1 Å². The molecule has 2 aromatic carbocycles. The fraction of sp³-hybridized carbons (Fsp3) is 0.444. The summed E-state index contributed by atoms with van der Waals surface area (Å²) in [5, 5.41) is 15.1. The van der Waals surface area contributed by atoms with Gasteiger partial charge in [-0.15, -0.1) is 0 Å². The predicted octanol–water partition coefficient (Wildman–Crippen LogP) is 3.44. The van der Waals surface area contributed by atoms with Gasteiger partial charge in [-0.25, -0.2) is 4.79 Å². The molecule has 3 N–H and O–H groups in total. The molecule has 0 bridgehead atoms. The van der Waals surface area contributed by atoms with E-state index in [0.717, 1.165) is 11.1 Å². The summed E-state index contributed by atoms with van der Waals surface area (Å²) in [7, 11) is 0. The Morgan fingerprint density at radius 1 is 0.971 bits per heavy atom. The first-order valence-corrected chi connectivity index (χ1v) is 12.2. The second kappa shape index (κ2) is 9.70. The van der Waals surface area contributed by atoms with Gasteiger partial charge < -0.3 is 25.2 Å². The van der Waals surface area contributed by atoms with Crippen LogP contribution < -0.4 is 10.6 Å². The van der Waals surface area contributed by atoms with Crippen LogP contribution in [-0.4, -0.2) is 54.5 Å². The van der Waals surface area contributed by atoms with Crippen LogP contribution in [0.3, 0.4) is 0 Å². The molecule has 0 spiro atoms. The molecular weight excluding hydrogens is 448 g/mol. The number of nitrogens with one attached hydrogen (secondary N) is 2. The number of hydrogen-bond donors (Lipinski definition) is 3. The van der Waals surface area contributed by atoms with E-state index in [1.165, 1.54) is 11.1 Å². The maximum atomic E-state index is 12.8. The number of hydrogen-bond acceptors (Lipinski definition) is 5. The summed E-state index contributed by atoms with van der Waals surface area (Å²) in [6.07, 6.45) is 1.39. The normalized spacial score (nSPS) is 22.3. The minimum atomic E-state index is -0.935. The van der Waals surface area contributed by atoms with Gasteiger partial charge in [-0.05, 0) is 47.9 Å². The van der Waals surface area contributed by atoms with Gasteiger partial charge in [0.2, 0.25) is 5.91 Å². The fourth-order valence-corrected chi connectivity index (χ4v) is 5.52. The van der Waals surface area contributed by atoms with Crippen LogP contribution in [0.2, 0.25) is 0 Å². The highest BCUT2D eigenvalue weighted by atomic mass is 16.5. The second-order valence-corrected chi connectivity index (χ2v) is 9.79. The molecule has 2 fully saturated rings. The maximum Gasteiger partial charge on any atom is 0.407 e. The summed E-state index contributed by atoms with van der Waals surface area (Å²) < 4.78 is 10.9. The maximum absolute atomic E-state index is 12.8. The molecule has 3 aliphatic rings. The number of rotatable bonds is 7. The van der Waals surface area contributed by atoms with Crippen molar-refractivity contribution in [3.63, 3.8) is 0 Å². The average Bonchev–Trinajstić information content (AvgIpc) is 3.13. The average molecular weight is 479 g/mol. The Morgan fingerprint density at radius 2 is 1.57 bits per heavy atom. The molecule has 0 atom stereocenters. The lowest BCUT2D eigenvalue weighted by molar-refractivity contribution is -0.141. The van der Waals surface area contributed by atoms with Crippen molar-refractivity contribution in [2.75, 3.05) is 19.8 Å². The monoisotopic (exact) mass is 478 g/mol. The van der Waals surface area contributed by atoms with Gasteiger partial charge in [0, 0.05) is 31.1 Å². The minimum Gasteiger partial charge on any atom is -0.481 e. The Morgan fingerprint density at radius 3 is 2.17 bits per heavy atom. The molecule has 2 aromatic rings. The third-order valence-corrected chi connectivity index (χ3v) is 7.50. The van der Waals surface area contributed by atoms with E-state index in [9.17, 15) is 19.5 Å². The zero-order valence-electron chi connectivity index (χ0n) is 19.5. The predicted molar refractivity (Wildman–Crippen MR) is 128 cm³/mol. The number of fused-ring (bicyclic) bond motifs is 3. The highest BCUT2D eigenvalue weighted by Gasteiger charge is 2.42. The second-order valence-electron chi connectivity index (χ2n) is 9.79. The zero-order chi connectivity index (χ0) is 24.4. The van der Waals surface area contributed by atoms with Crippen molar-refractivity contribution in [2.45, 2.75) is 49.6 Å². The highest BCUT2D eigenvalue weighted by molar-refractivity contribution is 5.82. The van der Waals surface area contributed by atoms with Crippen molar-refractivity contribution in [1.82, 2.24) is 10.6 Å². The van der Waals surface area contributed by atoms with E-state index in [0.29, 0.717) is 38.9 Å². The van der Waals surface area contributed by atoms with E-state index in [4.69, 9.17) is 9.47 Å². The summed E-state index contributed by atoms with van der Waals surface area (Å²) in [5.74, 6) is -1.34. The fourth-order valence-electron chi connectivity index (χ4n) is 5.52. The molecule has 5 rings (SSSR count). The van der Waals surface area contributed by atoms with Crippen molar-refractivity contribution >= 4 is 18.0 Å². The van der Waals surface area contributed by atoms with Gasteiger partial charge in [-0.2, -0.15) is 0 Å². The number of ether oxygens (including phenoxy) is 2. The van der Waals surface area contributed by atoms with Crippen LogP contribution in [0, 0.1) is 5.92 Å². The molecule has 184 valence electrons. The van der Waals surface area contributed by atoms with E-state index < -0.39 is 17.6 Å². The lowest BCUT2D eigenvalue weighted by Gasteiger charge is -2.41. The third kappa shape index (κ3) is 4.89. The molecule has 1 saturated heterocycles. The van der Waals surface area contributed by atoms with Crippen molar-refractivity contribution in [3.8, 4) is 11.1 Å². The van der Waals surface area contributed by atoms with Crippen LogP contribution in [0.1, 0.15) is 49.1 Å². The number of aliphatic carboxylic acids is 1. The Hall–Kier alpha value is -3.39. The van der Waals surface area contributed by atoms with Crippen LogP contribution in [0.15, 0.2) is 48.5 Å². The van der Waals surface area contributed by atoms with Crippen LogP contribution in [0.5, 0.6) is 0 Å². The molecule has 0 radical (unpaired) electrons. The van der Waals surface area contributed by atoms with E-state index in [2.05, 4.69) is 34.9 Å². The lowest BCUT2D eigenvalue weighted by atomic mass is 9.78. The molecule has 35 heavy (non-hydrogen) atoms. The van der Waals surface area contributed by atoms with E-state index in [1.807, 2.05) is 24.3 Å². The number of carbonyl (C=O) groups is 3. The Kier molecular flexibility index (Phi) is 6.47. The summed E-state index contributed by atoms with van der Waals surface area (Å²) in [4.78, 5) is 36.6. The van der Waals surface area contributed by atoms with Crippen molar-refractivity contribution < 1.29 is 29.0 Å². The lowest BCUT2D eigenvalue weighted by Crippen LogP contribution is -2.57. The summed E-state index contributed by atoms with van der Waals surface area (Å²) in [6, 6.07) is 16.2. The molecule has 8 heteroatoms. The van der Waals surface area contributed by atoms with E-state index >= 15 is 0 Å². The van der Waals surface area contributed by atoms with Crippen LogP contribution >= 0.6 is 0 Å². The molecule has 1 saturated carbocycles. The number of alkyl carbamates (subject to hydrolysis) is 1. The van der Waals surface area contributed by atoms with E-state index in [1.54, 1.807) is 0 Å². The van der Waals surface area contributed by atoms with Gasteiger partial charge in [-0.1, -0.05) is 48.5 Å². The molecule has 1 heterocycles. The molecule has 0 unspecified atom stereocenters. The van der Waals surface area contributed by atoms with Gasteiger partial charge in [0.15, 0.2) is 0 Å². The first kappa shape index (κ1) is 23.4. The number of benzene rings is 2. The summed E-state index contributed by atoms with van der Waals surface area (Å²) in [5.41, 5.74) is 3.91. The smallest absolute Gasteiger partial charge is 0.407 e. The minimum absolute atomic E-state index is 0.00188. The first-order valence-electron chi connectivity index (χ1n) is 12.2. The van der Waals surface area contributed by atoms with Crippen LogP contribution in [0.4, 0.5) is 4.79 Å². The quantitative estimate of drug-likeness (QED) is 0.562. The summed E-state index contributed by atoms with van der Waals surface area (Å²) >= 11 is 0. The molecule has 8 nitrogen and oxygen atoms in total. The van der Waals surface area contributed by atoms with Crippen molar-refractivity contribution in [3.05, 3.63) is 59.7 Å². The zero-order valence-corrected chi connectivity index (χ0v) is 19.5. The van der Waals surface area contributed by atoms with Crippen molar-refractivity contribution in [2.24, 2.45) is 5.92 Å². The van der Waals surface area contributed by atoms with Gasteiger partial charge in [0.25, 0.3) is 0 Å². The van der Waals surface area contributed by atoms with Gasteiger partial charge in [0.1, 0.15) is 6.61 Å². The topological polar surface area (TPSA) is 114 Å². The highest BCUT2D eigenvalue weighted by Crippen LogP contribution is 2.44. The molecule has 2 aliphatic carbocycles. The molecular formula is C27H30N2O6. The van der Waals surface area contributed by atoms with Crippen molar-refractivity contribution in [1.29, 1.82) is 0 Å². The summed E-state index contributed by atoms with van der Waals surface area (Å²) in [6.45, 7) is 1.12. The SMILES string of the molecule is O=C(O)CC1(NC(=O)C2CC(NC(=O)OCC3c4ccccc4-c4ccccc43)C2)CCOCC1. The standard InChI is InChI=1S/C27H30N2O6/c30-24(31)15-27(9-11-34-12-10-27)29-25(32)17-13-18(14-17)28-26(33)35-16-23-21-7-3-1-5-19(21)20-6-2-4-8-22(20)23/h1-8,17-18,23H,9-16H2,(H,28,33)(H,29,32)(H,30,31). The van der Waals surface area contributed by atoms with Crippen LogP contribution in [0.25, 0.3) is 11.1 Å². The third-order valence-electron chi connectivity index (χ3n) is 7.50. The molecule has 1 aliphatic heterocycles. The van der Waals surface area contributed by atoms with Crippen LogP contribution in [-0.2, 0) is 19.1 Å². The van der Waals surface area contributed by atoms with Gasteiger partial charge in [-0.3, -0.25) is 9.59 Å². The molecule has 2 amide bonds. The van der Waals surface area contributed by atoms with Gasteiger partial charge in [0.05, 0.1) is 12.0 Å². The molecule has 0 aromatic heterocycles. The Bertz CT molecular complexity index is 1070. The Balaban J connectivity index is 1.11. The number of carboxylic acids is 1. The number of carboxylic acid groups (broad SMARTS) is 1. The largest absolute Gasteiger partial charge is 0.481 e. The Labute approximate surface area is 204 Å². The number of carbonyl (C=O) groups excluding carboxylic acids is 2. The first-order chi connectivity index (χ1) is 16.9. The number of amides is 2.